The summed E-state index contributed by atoms with van der Waals surface area (Å²) in [6.07, 6.45) is -28.6. The molecule has 5 atom stereocenters. The largest absolute Gasteiger partial charge is 0.523 e. The predicted octanol–water partition coefficient (Wildman–Crippen LogP) is 9.50. The number of ether oxygens (including phenoxy) is 3. The topological polar surface area (TPSA) is 27.7 Å². The van der Waals surface area contributed by atoms with Crippen LogP contribution >= 0.6 is 0 Å². The van der Waals surface area contributed by atoms with E-state index < -0.39 is 84.5 Å². The maximum Gasteiger partial charge on any atom is 0.523 e. The van der Waals surface area contributed by atoms with Crippen LogP contribution in [0.2, 0.25) is 0 Å². The molecule has 5 unspecified atom stereocenters. The molecule has 0 heterocycles. The molecule has 0 saturated carbocycles. The molecule has 0 aliphatic rings. The predicted molar refractivity (Wildman–Crippen MR) is 110 cm³/mol. The molecule has 0 N–H and O–H groups in total. The number of halogens is 14. The monoisotopic (exact) mass is 610 g/mol. The summed E-state index contributed by atoms with van der Waals surface area (Å²) < 4.78 is 210. The lowest BCUT2D eigenvalue weighted by Crippen LogP contribution is -2.72. The van der Waals surface area contributed by atoms with Crippen LogP contribution in [0.4, 0.5) is 61.5 Å². The van der Waals surface area contributed by atoms with Gasteiger partial charge in [0.15, 0.2) is 11.2 Å². The molecule has 0 aliphatic carbocycles. The summed E-state index contributed by atoms with van der Waals surface area (Å²) in [6, 6.07) is 0. The maximum absolute atomic E-state index is 15.9. The molecule has 236 valence electrons. The van der Waals surface area contributed by atoms with Gasteiger partial charge in [0.05, 0.1) is 11.0 Å². The zero-order valence-electron chi connectivity index (χ0n) is 22.3. The zero-order valence-corrected chi connectivity index (χ0v) is 22.3. The molecular weight excluding hydrogens is 578 g/mol. The van der Waals surface area contributed by atoms with Gasteiger partial charge in [-0.3, -0.25) is 4.74 Å². The summed E-state index contributed by atoms with van der Waals surface area (Å²) in [5.74, 6) is -12.5. The van der Waals surface area contributed by atoms with Crippen LogP contribution in [0.1, 0.15) is 81.1 Å². The van der Waals surface area contributed by atoms with Crippen molar-refractivity contribution in [2.45, 2.75) is 134 Å². The van der Waals surface area contributed by atoms with E-state index in [1.807, 2.05) is 0 Å². The standard InChI is InChI=1S/C22H32F14O3/c1-9-13(5,14(6,10-2)38-21(32,33)16(8,12-4)39-22(34,35)36)17(23,24)18(25,20(29,30)31)37-15(7,11-3)19(26,27)28/h9-12H2,1-8H3. The molecule has 0 aliphatic heterocycles. The van der Waals surface area contributed by atoms with Crippen LogP contribution in [0.5, 0.6) is 0 Å². The van der Waals surface area contributed by atoms with Gasteiger partial charge in [-0.1, -0.05) is 34.6 Å². The highest BCUT2D eigenvalue weighted by Crippen LogP contribution is 2.63. The average Bonchev–Trinajstić information content (AvgIpc) is 2.74. The van der Waals surface area contributed by atoms with Gasteiger partial charge < -0.3 is 9.47 Å². The molecule has 17 heteroatoms. The first-order valence-electron chi connectivity index (χ1n) is 11.6. The Bertz CT molecular complexity index is 826. The smallest absolute Gasteiger partial charge is 0.318 e. The van der Waals surface area contributed by atoms with Crippen molar-refractivity contribution < 1.29 is 75.7 Å². The third kappa shape index (κ3) is 6.54. The molecule has 0 rings (SSSR count). The second-order valence-corrected chi connectivity index (χ2v) is 9.87. The lowest BCUT2D eigenvalue weighted by atomic mass is 9.64. The molecule has 0 aromatic heterocycles. The number of hydrogen-bond acceptors (Lipinski definition) is 3. The van der Waals surface area contributed by atoms with Crippen LogP contribution in [0.3, 0.4) is 0 Å². The van der Waals surface area contributed by atoms with Crippen LogP contribution in [-0.2, 0) is 14.2 Å². The van der Waals surface area contributed by atoms with Gasteiger partial charge in [0.1, 0.15) is 0 Å². The van der Waals surface area contributed by atoms with Crippen LogP contribution in [-0.4, -0.2) is 53.4 Å². The van der Waals surface area contributed by atoms with Gasteiger partial charge in [-0.05, 0) is 46.5 Å². The molecule has 3 nitrogen and oxygen atoms in total. The van der Waals surface area contributed by atoms with Gasteiger partial charge >= 0.3 is 36.6 Å². The lowest BCUT2D eigenvalue weighted by molar-refractivity contribution is -0.483. The van der Waals surface area contributed by atoms with Crippen LogP contribution in [0.25, 0.3) is 0 Å². The summed E-state index contributed by atoms with van der Waals surface area (Å²) in [4.78, 5) is 0. The summed E-state index contributed by atoms with van der Waals surface area (Å²) in [5.41, 5.74) is -14.9. The Labute approximate surface area is 216 Å². The van der Waals surface area contributed by atoms with E-state index in [9.17, 15) is 39.5 Å². The molecule has 0 radical (unpaired) electrons. The van der Waals surface area contributed by atoms with E-state index >= 15 is 22.0 Å². The fourth-order valence-corrected chi connectivity index (χ4v) is 3.78. The quantitative estimate of drug-likeness (QED) is 0.195. The van der Waals surface area contributed by atoms with Crippen LogP contribution < -0.4 is 0 Å². The van der Waals surface area contributed by atoms with E-state index in [2.05, 4.69) is 14.2 Å². The first kappa shape index (κ1) is 37.9. The third-order valence-corrected chi connectivity index (χ3v) is 7.64. The van der Waals surface area contributed by atoms with Crippen molar-refractivity contribution in [2.24, 2.45) is 5.41 Å². The van der Waals surface area contributed by atoms with Gasteiger partial charge in [-0.2, -0.15) is 48.3 Å². The summed E-state index contributed by atoms with van der Waals surface area (Å²) >= 11 is 0. The minimum absolute atomic E-state index is 0.114. The summed E-state index contributed by atoms with van der Waals surface area (Å²) in [7, 11) is 0. The Balaban J connectivity index is 7.27. The second-order valence-electron chi connectivity index (χ2n) is 9.87. The zero-order chi connectivity index (χ0) is 31.9. The van der Waals surface area contributed by atoms with Crippen molar-refractivity contribution >= 4 is 0 Å². The Morgan fingerprint density at radius 2 is 0.821 bits per heavy atom. The SMILES string of the molecule is CCC(C)(OC(F)(C(F)(F)F)C(F)(F)C(C)(CC)C(C)(CC)OC(F)(F)C(C)(CC)OC(F)(F)F)C(F)(F)F. The van der Waals surface area contributed by atoms with Gasteiger partial charge in [0.25, 0.3) is 0 Å². The molecule has 0 spiro atoms. The van der Waals surface area contributed by atoms with Gasteiger partial charge in [-0.25, -0.2) is 0 Å². The third-order valence-electron chi connectivity index (χ3n) is 7.64. The molecule has 0 bridgehead atoms. The normalized spacial score (nSPS) is 22.3. The first-order chi connectivity index (χ1) is 16.9. The van der Waals surface area contributed by atoms with Crippen molar-refractivity contribution in [3.05, 3.63) is 0 Å². The highest BCUT2D eigenvalue weighted by Gasteiger charge is 2.83. The number of hydrogen-bond donors (Lipinski definition) is 0. The van der Waals surface area contributed by atoms with Crippen molar-refractivity contribution in [2.75, 3.05) is 0 Å². The fourth-order valence-electron chi connectivity index (χ4n) is 3.78. The van der Waals surface area contributed by atoms with Gasteiger partial charge in [0.2, 0.25) is 0 Å². The summed E-state index contributed by atoms with van der Waals surface area (Å²) in [5, 5.41) is 0. The van der Waals surface area contributed by atoms with Crippen LogP contribution in [0.15, 0.2) is 0 Å². The van der Waals surface area contributed by atoms with Crippen LogP contribution in [0, 0.1) is 5.41 Å². The molecule has 39 heavy (non-hydrogen) atoms. The maximum atomic E-state index is 15.9. The van der Waals surface area contributed by atoms with Crippen molar-refractivity contribution in [3.63, 3.8) is 0 Å². The van der Waals surface area contributed by atoms with E-state index in [4.69, 9.17) is 0 Å². The molecule has 0 saturated heterocycles. The Kier molecular flexibility index (Phi) is 10.6. The minimum Gasteiger partial charge on any atom is -0.318 e. The molecular formula is C22H32F14O3. The van der Waals surface area contributed by atoms with E-state index in [0.29, 0.717) is 20.8 Å². The fraction of sp³-hybridized carbons (Fsp3) is 1.00. The molecule has 0 amide bonds. The number of alkyl halides is 14. The van der Waals surface area contributed by atoms with E-state index in [-0.39, 0.29) is 20.8 Å². The summed E-state index contributed by atoms with van der Waals surface area (Å²) in [6.45, 7) is 3.38. The average molecular weight is 610 g/mol. The van der Waals surface area contributed by atoms with E-state index in [1.165, 1.54) is 0 Å². The highest BCUT2D eigenvalue weighted by atomic mass is 19.4. The van der Waals surface area contributed by atoms with Crippen molar-refractivity contribution in [1.82, 2.24) is 0 Å². The van der Waals surface area contributed by atoms with Gasteiger partial charge in [-0.15, -0.1) is 13.2 Å². The Morgan fingerprint density at radius 1 is 0.436 bits per heavy atom. The molecule has 0 fully saturated rings. The Hall–Kier alpha value is -1.10. The second kappa shape index (κ2) is 11.0. The van der Waals surface area contributed by atoms with Gasteiger partial charge in [0, 0.05) is 0 Å². The first-order valence-corrected chi connectivity index (χ1v) is 11.6. The lowest BCUT2D eigenvalue weighted by Gasteiger charge is -2.55. The minimum atomic E-state index is -6.87. The van der Waals surface area contributed by atoms with E-state index in [0.717, 1.165) is 13.8 Å². The van der Waals surface area contributed by atoms with Crippen molar-refractivity contribution in [1.29, 1.82) is 0 Å². The van der Waals surface area contributed by atoms with Crippen molar-refractivity contribution in [3.8, 4) is 0 Å². The molecule has 0 aromatic rings. The number of rotatable bonds is 13. The molecule has 0 aromatic carbocycles. The Morgan fingerprint density at radius 3 is 1.08 bits per heavy atom. The highest BCUT2D eigenvalue weighted by molar-refractivity contribution is 5.11. The van der Waals surface area contributed by atoms with E-state index in [1.54, 1.807) is 0 Å².